The molecule has 1 saturated carbocycles. The number of ether oxygens (including phenoxy) is 8. The van der Waals surface area contributed by atoms with Crippen molar-refractivity contribution in [2.24, 2.45) is 35.5 Å². The van der Waals surface area contributed by atoms with Gasteiger partial charge in [0.25, 0.3) is 0 Å². The van der Waals surface area contributed by atoms with Gasteiger partial charge >= 0.3 is 5.97 Å². The molecule has 0 amide bonds. The molecule has 0 aromatic carbocycles. The molecule has 0 N–H and O–H groups in total. The number of Topliss-reactive ketones (excluding diaryl/α,β-unsaturated/α-hetero) is 1. The van der Waals surface area contributed by atoms with Crippen molar-refractivity contribution >= 4 is 11.8 Å². The average molecular weight is 732 g/mol. The normalized spacial score (nSPS) is 45.7. The van der Waals surface area contributed by atoms with Gasteiger partial charge in [-0.25, -0.2) is 0 Å². The third-order valence-electron chi connectivity index (χ3n) is 13.3. The van der Waals surface area contributed by atoms with Crippen LogP contribution in [0.1, 0.15) is 85.5 Å². The Kier molecular flexibility index (Phi) is 13.4. The fourth-order valence-electron chi connectivity index (χ4n) is 10.4. The molecule has 6 rings (SSSR count). The van der Waals surface area contributed by atoms with Gasteiger partial charge in [0.2, 0.25) is 0 Å². The Morgan fingerprint density at radius 1 is 0.827 bits per heavy atom. The number of methoxy groups -OCH3 is 3. The Bertz CT molecular complexity index is 1290. The molecule has 17 atom stereocenters. The fraction of sp³-hybridized carbons (Fsp3) is 0.854. The molecule has 11 heteroatoms. The maximum absolute atomic E-state index is 14.7. The van der Waals surface area contributed by atoms with Crippen molar-refractivity contribution < 1.29 is 47.5 Å². The summed E-state index contributed by atoms with van der Waals surface area (Å²) in [5.41, 5.74) is 0.763. The number of allylic oxidation sites excluding steroid dienone is 4. The highest BCUT2D eigenvalue weighted by Crippen LogP contribution is 2.54. The first-order valence-electron chi connectivity index (χ1n) is 20.0. The van der Waals surface area contributed by atoms with Gasteiger partial charge in [-0.1, -0.05) is 32.1 Å². The molecule has 4 fully saturated rings. The zero-order valence-corrected chi connectivity index (χ0v) is 32.9. The van der Waals surface area contributed by atoms with E-state index in [1.807, 2.05) is 13.8 Å². The van der Waals surface area contributed by atoms with Gasteiger partial charge in [-0.05, 0) is 109 Å². The van der Waals surface area contributed by atoms with Crippen LogP contribution < -0.4 is 0 Å². The highest BCUT2D eigenvalue weighted by molar-refractivity contribution is 5.99. The Balaban J connectivity index is 1.20. The molecule has 6 aliphatic rings. The second-order valence-corrected chi connectivity index (χ2v) is 16.5. The Hall–Kier alpha value is -1.70. The SMILES string of the molecule is CC[C@@H]1CCC[C@H](O[C@@H]2CC[C@H](N(C)C)[C@H](C)O2)[C@H](C)C(=O)C2=C[C@@H]3[C@@H](C=C[C@@H]4C[C@@H](O[C@@H]5O[C@@H](C)[C@H](OC)[C@@H](OC)[C@H]5OC)C[C@@H]34)[C@@H]2CC(=O)O1. The van der Waals surface area contributed by atoms with E-state index in [-0.39, 0.29) is 96.8 Å². The highest BCUT2D eigenvalue weighted by Gasteiger charge is 2.52. The highest BCUT2D eigenvalue weighted by atomic mass is 16.7. The predicted molar refractivity (Wildman–Crippen MR) is 194 cm³/mol. The molecular weight excluding hydrogens is 666 g/mol. The van der Waals surface area contributed by atoms with Crippen molar-refractivity contribution in [1.82, 2.24) is 4.90 Å². The summed E-state index contributed by atoms with van der Waals surface area (Å²) < 4.78 is 49.5. The minimum Gasteiger partial charge on any atom is -0.462 e. The quantitative estimate of drug-likeness (QED) is 0.222. The molecule has 0 bridgehead atoms. The summed E-state index contributed by atoms with van der Waals surface area (Å²) >= 11 is 0. The third-order valence-corrected chi connectivity index (χ3v) is 13.3. The summed E-state index contributed by atoms with van der Waals surface area (Å²) in [7, 11) is 9.15. The van der Waals surface area contributed by atoms with Crippen molar-refractivity contribution in [2.45, 2.75) is 153 Å². The molecule has 0 spiro atoms. The lowest BCUT2D eigenvalue weighted by Crippen LogP contribution is -2.59. The molecule has 52 heavy (non-hydrogen) atoms. The topological polar surface area (TPSA) is 111 Å². The molecule has 3 saturated heterocycles. The first-order valence-corrected chi connectivity index (χ1v) is 20.0. The van der Waals surface area contributed by atoms with Gasteiger partial charge in [-0.2, -0.15) is 0 Å². The van der Waals surface area contributed by atoms with Crippen LogP contribution in [0.15, 0.2) is 23.8 Å². The standard InChI is InChI=1S/C41H65NO10/c1-10-26-12-11-13-34(52-36-17-16-33(42(5)6)23(3)48-36)22(2)37(44)32-20-30-28(31(32)21-35(43)50-26)15-14-25-18-27(19-29(25)30)51-41-40(47-9)39(46-8)38(45-7)24(4)49-41/h14-15,20,22-31,33-34,36,38-41H,10-13,16-19,21H2,1-9H3/t22-,23-,24-,25+,26+,27+,28+,29+,30+,31-,33-,34-,36+,38-,39+,40+,41-/m0/s1. The van der Waals surface area contributed by atoms with E-state index in [0.717, 1.165) is 50.5 Å². The first-order chi connectivity index (χ1) is 25.0. The van der Waals surface area contributed by atoms with Gasteiger partial charge in [-0.3, -0.25) is 9.59 Å². The number of cyclic esters (lactones) is 1. The van der Waals surface area contributed by atoms with E-state index in [1.54, 1.807) is 21.3 Å². The van der Waals surface area contributed by atoms with Crippen LogP contribution in [0.25, 0.3) is 0 Å². The number of esters is 1. The van der Waals surface area contributed by atoms with E-state index in [4.69, 9.17) is 37.9 Å². The summed E-state index contributed by atoms with van der Waals surface area (Å²) in [5, 5.41) is 0. The predicted octanol–water partition coefficient (Wildman–Crippen LogP) is 5.49. The number of likely N-dealkylation sites (N-methyl/N-ethyl adjacent to an activating group) is 1. The van der Waals surface area contributed by atoms with Crippen LogP contribution in [0.2, 0.25) is 0 Å². The van der Waals surface area contributed by atoms with Gasteiger partial charge in [0, 0.05) is 39.2 Å². The second-order valence-electron chi connectivity index (χ2n) is 16.5. The van der Waals surface area contributed by atoms with Gasteiger partial charge in [0.05, 0.1) is 30.8 Å². The first kappa shape index (κ1) is 40.0. The Morgan fingerprint density at radius 3 is 2.25 bits per heavy atom. The van der Waals surface area contributed by atoms with Crippen molar-refractivity contribution in [3.63, 3.8) is 0 Å². The monoisotopic (exact) mass is 731 g/mol. The summed E-state index contributed by atoms with van der Waals surface area (Å²) in [4.78, 5) is 30.4. The van der Waals surface area contributed by atoms with Crippen LogP contribution in [-0.2, 0) is 47.5 Å². The number of hydrogen-bond donors (Lipinski definition) is 0. The number of hydrogen-bond acceptors (Lipinski definition) is 11. The van der Waals surface area contributed by atoms with Gasteiger partial charge in [0.15, 0.2) is 18.4 Å². The number of nitrogens with zero attached hydrogens (tertiary/aromatic N) is 1. The van der Waals surface area contributed by atoms with Crippen LogP contribution in [0.5, 0.6) is 0 Å². The zero-order chi connectivity index (χ0) is 37.3. The average Bonchev–Trinajstić information content (AvgIpc) is 3.70. The molecule has 0 radical (unpaired) electrons. The van der Waals surface area contributed by atoms with Crippen molar-refractivity contribution in [3.05, 3.63) is 23.8 Å². The molecule has 3 aliphatic heterocycles. The summed E-state index contributed by atoms with van der Waals surface area (Å²) in [5.74, 6) is 0.0198. The van der Waals surface area contributed by atoms with Crippen LogP contribution >= 0.6 is 0 Å². The molecule has 0 unspecified atom stereocenters. The Labute approximate surface area is 311 Å². The smallest absolute Gasteiger partial charge is 0.306 e. The largest absolute Gasteiger partial charge is 0.462 e. The summed E-state index contributed by atoms with van der Waals surface area (Å²) in [6.07, 6.45) is 10.8. The van der Waals surface area contributed by atoms with Crippen molar-refractivity contribution in [1.29, 1.82) is 0 Å². The minimum absolute atomic E-state index is 0.0380. The van der Waals surface area contributed by atoms with E-state index in [2.05, 4.69) is 51.1 Å². The molecule has 0 aromatic heterocycles. The number of rotatable bonds is 9. The maximum atomic E-state index is 14.7. The van der Waals surface area contributed by atoms with Crippen molar-refractivity contribution in [2.75, 3.05) is 35.4 Å². The molecular formula is C41H65NO10. The van der Waals surface area contributed by atoms with Crippen LogP contribution in [0.3, 0.4) is 0 Å². The fourth-order valence-corrected chi connectivity index (χ4v) is 10.4. The van der Waals surface area contributed by atoms with Gasteiger partial charge < -0.3 is 42.8 Å². The number of ketones is 1. The molecule has 11 nitrogen and oxygen atoms in total. The molecule has 0 aromatic rings. The number of fused-ring (bicyclic) bond motifs is 5. The minimum atomic E-state index is -0.594. The van der Waals surface area contributed by atoms with E-state index >= 15 is 0 Å². The van der Waals surface area contributed by atoms with Crippen molar-refractivity contribution in [3.8, 4) is 0 Å². The third kappa shape index (κ3) is 8.27. The summed E-state index contributed by atoms with van der Waals surface area (Å²) in [6.45, 7) is 8.17. The second kappa shape index (κ2) is 17.4. The number of carbonyl (C=O) groups excluding carboxylic acids is 2. The van der Waals surface area contributed by atoms with E-state index in [1.165, 1.54) is 0 Å². The lowest BCUT2D eigenvalue weighted by atomic mass is 9.70. The lowest BCUT2D eigenvalue weighted by molar-refractivity contribution is -0.314. The molecule has 294 valence electrons. The summed E-state index contributed by atoms with van der Waals surface area (Å²) in [6, 6.07) is 0.339. The van der Waals surface area contributed by atoms with E-state index in [0.29, 0.717) is 18.4 Å². The molecule has 3 heterocycles. The van der Waals surface area contributed by atoms with Crippen LogP contribution in [0.4, 0.5) is 0 Å². The van der Waals surface area contributed by atoms with Gasteiger partial charge in [0.1, 0.15) is 24.4 Å². The lowest BCUT2D eigenvalue weighted by Gasteiger charge is -2.44. The van der Waals surface area contributed by atoms with E-state index < -0.39 is 12.4 Å². The van der Waals surface area contributed by atoms with Crippen LogP contribution in [0, 0.1) is 35.5 Å². The molecule has 3 aliphatic carbocycles. The number of carbonyl (C=O) groups is 2. The van der Waals surface area contributed by atoms with Gasteiger partial charge in [-0.15, -0.1) is 0 Å². The Morgan fingerprint density at radius 2 is 1.58 bits per heavy atom. The zero-order valence-electron chi connectivity index (χ0n) is 32.9. The maximum Gasteiger partial charge on any atom is 0.306 e. The van der Waals surface area contributed by atoms with Crippen LogP contribution in [-0.4, -0.2) is 120 Å². The van der Waals surface area contributed by atoms with E-state index in [9.17, 15) is 9.59 Å².